The summed E-state index contributed by atoms with van der Waals surface area (Å²) in [5.74, 6) is 1.44. The number of hydrogen-bond acceptors (Lipinski definition) is 7. The maximum atomic E-state index is 6.93. The van der Waals surface area contributed by atoms with Gasteiger partial charge in [0.25, 0.3) is 0 Å². The fourth-order valence-electron chi connectivity index (χ4n) is 5.88. The van der Waals surface area contributed by atoms with Gasteiger partial charge in [-0.3, -0.25) is 0 Å². The monoisotopic (exact) mass is 708 g/mol. The topological polar surface area (TPSA) is 64.6 Å². The first-order valence-corrected chi connectivity index (χ1v) is 15.9. The zero-order chi connectivity index (χ0) is 30.3. The largest absolute Gasteiger partial charge is 0.496 e. The van der Waals surface area contributed by atoms with Crippen LogP contribution in [0, 0.1) is 3.57 Å². The Morgan fingerprint density at radius 1 is 0.705 bits per heavy atom. The minimum atomic E-state index is -0.462. The minimum absolute atomic E-state index is 0.313. The van der Waals surface area contributed by atoms with Crippen LogP contribution < -0.4 is 9.47 Å². The van der Waals surface area contributed by atoms with Crippen LogP contribution in [0.1, 0.15) is 33.9 Å². The van der Waals surface area contributed by atoms with E-state index in [9.17, 15) is 0 Å². The molecule has 0 saturated carbocycles. The van der Waals surface area contributed by atoms with Crippen LogP contribution in [0.3, 0.4) is 0 Å². The molecule has 1 fully saturated rings. The normalized spacial score (nSPS) is 22.6. The Morgan fingerprint density at radius 2 is 1.25 bits per heavy atom. The van der Waals surface area contributed by atoms with Crippen molar-refractivity contribution in [2.24, 2.45) is 0 Å². The second-order valence-corrected chi connectivity index (χ2v) is 12.0. The number of hydrogen-bond donors (Lipinski definition) is 0. The molecule has 6 rings (SSSR count). The first-order valence-electron chi connectivity index (χ1n) is 14.8. The molecular formula is C36H37IO7. The smallest absolute Gasteiger partial charge is 0.136 e. The number of methoxy groups -OCH3 is 2. The highest BCUT2D eigenvalue weighted by molar-refractivity contribution is 14.1. The maximum absolute atomic E-state index is 6.93. The van der Waals surface area contributed by atoms with Gasteiger partial charge in [0.15, 0.2) is 0 Å². The number of rotatable bonds is 12. The number of halogens is 1. The van der Waals surface area contributed by atoms with Crippen molar-refractivity contribution < 1.29 is 33.2 Å². The van der Waals surface area contributed by atoms with Gasteiger partial charge in [-0.2, -0.15) is 0 Å². The average Bonchev–Trinajstić information content (AvgIpc) is 3.08. The van der Waals surface area contributed by atoms with Gasteiger partial charge in [-0.1, -0.05) is 91.0 Å². The Balaban J connectivity index is 1.35. The molecule has 0 N–H and O–H groups in total. The standard InChI is InChI=1S/C36H37IO7/c1-38-28-18-29(39-2)32(37)27-22-43-36-34(31(27)28)44-30(23-40-19-24-12-6-3-7-13-24)33(41-20-25-14-8-4-9-15-25)35(36)42-21-26-16-10-5-11-17-26/h3-18,30,33-36H,19-23H2,1-2H3/t30-,33-,34+,35+,36-/m1/s1. The Kier molecular flexibility index (Phi) is 10.5. The van der Waals surface area contributed by atoms with Crippen molar-refractivity contribution in [3.8, 4) is 11.5 Å². The lowest BCUT2D eigenvalue weighted by atomic mass is 9.86. The third kappa shape index (κ3) is 6.96. The second kappa shape index (κ2) is 14.9. The van der Waals surface area contributed by atoms with Gasteiger partial charge in [0.1, 0.15) is 42.0 Å². The van der Waals surface area contributed by atoms with E-state index in [1.54, 1.807) is 14.2 Å². The van der Waals surface area contributed by atoms with Crippen molar-refractivity contribution >= 4 is 22.6 Å². The van der Waals surface area contributed by atoms with Crippen LogP contribution >= 0.6 is 22.6 Å². The quantitative estimate of drug-likeness (QED) is 0.147. The average molecular weight is 709 g/mol. The van der Waals surface area contributed by atoms with Crippen LogP contribution in [0.4, 0.5) is 0 Å². The molecule has 0 amide bonds. The number of ether oxygens (including phenoxy) is 7. The first-order chi connectivity index (χ1) is 21.7. The molecule has 7 nitrogen and oxygen atoms in total. The van der Waals surface area contributed by atoms with Gasteiger partial charge in [-0.25, -0.2) is 0 Å². The van der Waals surface area contributed by atoms with E-state index >= 15 is 0 Å². The van der Waals surface area contributed by atoms with E-state index in [1.165, 1.54) is 0 Å². The summed E-state index contributed by atoms with van der Waals surface area (Å²) in [6.45, 7) is 1.96. The molecule has 0 radical (unpaired) electrons. The molecule has 8 heteroatoms. The highest BCUT2D eigenvalue weighted by atomic mass is 127. The van der Waals surface area contributed by atoms with E-state index in [0.717, 1.165) is 37.1 Å². The summed E-state index contributed by atoms with van der Waals surface area (Å²) in [5.41, 5.74) is 5.18. The predicted octanol–water partition coefficient (Wildman–Crippen LogP) is 7.03. The Hall–Kier alpha value is -2.99. The van der Waals surface area contributed by atoms with Gasteiger partial charge < -0.3 is 33.2 Å². The lowest BCUT2D eigenvalue weighted by molar-refractivity contribution is -0.280. The minimum Gasteiger partial charge on any atom is -0.496 e. The summed E-state index contributed by atoms with van der Waals surface area (Å²) in [7, 11) is 3.33. The Bertz CT molecular complexity index is 1490. The SMILES string of the molecule is COc1cc(OC)c2c(c1I)CO[C@H]1[C@@H](OCc3ccccc3)[C@H](OCc3ccccc3)[C@@H](COCc3ccccc3)O[C@@H]21. The van der Waals surface area contributed by atoms with Crippen molar-refractivity contribution in [2.45, 2.75) is 56.9 Å². The summed E-state index contributed by atoms with van der Waals surface area (Å²) in [6.07, 6.45) is -2.24. The van der Waals surface area contributed by atoms with Gasteiger partial charge in [0.05, 0.1) is 50.8 Å². The first kappa shape index (κ1) is 31.0. The molecule has 4 aromatic rings. The third-order valence-corrected chi connectivity index (χ3v) is 9.26. The van der Waals surface area contributed by atoms with Crippen molar-refractivity contribution in [1.29, 1.82) is 0 Å². The highest BCUT2D eigenvalue weighted by Gasteiger charge is 2.52. The molecule has 44 heavy (non-hydrogen) atoms. The van der Waals surface area contributed by atoms with E-state index in [-0.39, 0.29) is 0 Å². The molecule has 0 unspecified atom stereocenters. The highest BCUT2D eigenvalue weighted by Crippen LogP contribution is 2.48. The van der Waals surface area contributed by atoms with Crippen LogP contribution in [-0.2, 0) is 50.1 Å². The molecule has 4 aromatic carbocycles. The van der Waals surface area contributed by atoms with E-state index < -0.39 is 30.5 Å². The molecule has 1 saturated heterocycles. The van der Waals surface area contributed by atoms with Crippen LogP contribution in [-0.4, -0.2) is 45.2 Å². The summed E-state index contributed by atoms with van der Waals surface area (Å²) in [5, 5.41) is 0. The van der Waals surface area contributed by atoms with Crippen LogP contribution in [0.5, 0.6) is 11.5 Å². The zero-order valence-electron chi connectivity index (χ0n) is 24.9. The number of fused-ring (bicyclic) bond motifs is 3. The fourth-order valence-corrected chi connectivity index (χ4v) is 6.70. The zero-order valence-corrected chi connectivity index (χ0v) is 27.1. The molecule has 0 bridgehead atoms. The summed E-state index contributed by atoms with van der Waals surface area (Å²) < 4.78 is 45.8. The number of benzene rings is 4. The van der Waals surface area contributed by atoms with Crippen molar-refractivity contribution in [3.63, 3.8) is 0 Å². The summed E-state index contributed by atoms with van der Waals surface area (Å²) in [4.78, 5) is 0. The molecule has 0 aliphatic carbocycles. The maximum Gasteiger partial charge on any atom is 0.136 e. The summed E-state index contributed by atoms with van der Waals surface area (Å²) in [6, 6.07) is 32.4. The molecule has 230 valence electrons. The van der Waals surface area contributed by atoms with E-state index in [1.807, 2.05) is 60.7 Å². The van der Waals surface area contributed by atoms with E-state index in [0.29, 0.717) is 38.8 Å². The molecule has 0 aromatic heterocycles. The van der Waals surface area contributed by atoms with Crippen molar-refractivity contribution in [2.75, 3.05) is 20.8 Å². The molecule has 5 atom stereocenters. The van der Waals surface area contributed by atoms with E-state index in [2.05, 4.69) is 59.0 Å². The Labute approximate surface area is 272 Å². The van der Waals surface area contributed by atoms with Crippen LogP contribution in [0.15, 0.2) is 97.1 Å². The van der Waals surface area contributed by atoms with Gasteiger partial charge in [0.2, 0.25) is 0 Å². The molecule has 2 aliphatic rings. The molecule has 0 spiro atoms. The fraction of sp³-hybridized carbons (Fsp3) is 0.333. The molecule has 2 aliphatic heterocycles. The predicted molar refractivity (Wildman–Crippen MR) is 175 cm³/mol. The van der Waals surface area contributed by atoms with E-state index in [4.69, 9.17) is 33.2 Å². The van der Waals surface area contributed by atoms with Crippen LogP contribution in [0.2, 0.25) is 0 Å². The van der Waals surface area contributed by atoms with Gasteiger partial charge in [-0.05, 0) is 39.3 Å². The summed E-state index contributed by atoms with van der Waals surface area (Å²) >= 11 is 2.31. The third-order valence-electron chi connectivity index (χ3n) is 8.08. The van der Waals surface area contributed by atoms with Gasteiger partial charge >= 0.3 is 0 Å². The lowest BCUT2D eigenvalue weighted by Crippen LogP contribution is -2.59. The molecule has 2 heterocycles. The lowest BCUT2D eigenvalue weighted by Gasteiger charge is -2.48. The van der Waals surface area contributed by atoms with Crippen molar-refractivity contribution in [1.82, 2.24) is 0 Å². The van der Waals surface area contributed by atoms with Gasteiger partial charge in [0, 0.05) is 17.2 Å². The second-order valence-electron chi connectivity index (χ2n) is 10.9. The Morgan fingerprint density at radius 3 is 1.82 bits per heavy atom. The van der Waals surface area contributed by atoms with Crippen LogP contribution in [0.25, 0.3) is 0 Å². The molecular weight excluding hydrogens is 671 g/mol. The van der Waals surface area contributed by atoms with Crippen molar-refractivity contribution in [3.05, 3.63) is 128 Å². The van der Waals surface area contributed by atoms with Gasteiger partial charge in [-0.15, -0.1) is 0 Å².